The molecule has 1 aromatic carbocycles. The first-order chi connectivity index (χ1) is 6.80. The molecule has 0 spiro atoms. The van der Waals surface area contributed by atoms with E-state index in [1.54, 1.807) is 0 Å². The van der Waals surface area contributed by atoms with Gasteiger partial charge in [-0.15, -0.1) is 0 Å². The van der Waals surface area contributed by atoms with Gasteiger partial charge in [0, 0.05) is 6.07 Å². The van der Waals surface area contributed by atoms with Crippen LogP contribution in [0.1, 0.15) is 5.56 Å². The van der Waals surface area contributed by atoms with Crippen molar-refractivity contribution in [2.24, 2.45) is 16.5 Å². The Balaban J connectivity index is 3.15. The molecule has 0 amide bonds. The van der Waals surface area contributed by atoms with Gasteiger partial charge in [0.1, 0.15) is 5.82 Å². The molecule has 1 aromatic rings. The predicted octanol–water partition coefficient (Wildman–Crippen LogP) is 1.75. The smallest absolute Gasteiger partial charge is 0.370 e. The average molecular weight is 221 g/mol. The van der Waals surface area contributed by atoms with Crippen LogP contribution < -0.4 is 11.5 Å². The summed E-state index contributed by atoms with van der Waals surface area (Å²) in [6.45, 7) is 0. The number of nitrogens with zero attached hydrogens (tertiary/aromatic N) is 1. The lowest BCUT2D eigenvalue weighted by Crippen LogP contribution is -2.21. The van der Waals surface area contributed by atoms with Gasteiger partial charge in [0.15, 0.2) is 5.96 Å². The van der Waals surface area contributed by atoms with Crippen LogP contribution in [0.15, 0.2) is 23.2 Å². The number of guanidine groups is 1. The minimum atomic E-state index is -4.72. The summed E-state index contributed by atoms with van der Waals surface area (Å²) in [5, 5.41) is 0. The van der Waals surface area contributed by atoms with E-state index in [1.807, 2.05) is 0 Å². The van der Waals surface area contributed by atoms with Crippen molar-refractivity contribution in [3.05, 3.63) is 29.6 Å². The maximum atomic E-state index is 12.9. The van der Waals surface area contributed by atoms with Crippen molar-refractivity contribution >= 4 is 11.6 Å². The van der Waals surface area contributed by atoms with Crippen LogP contribution in [-0.2, 0) is 6.18 Å². The van der Waals surface area contributed by atoms with Gasteiger partial charge in [-0.05, 0) is 12.1 Å². The van der Waals surface area contributed by atoms with Gasteiger partial charge < -0.3 is 11.5 Å². The highest BCUT2D eigenvalue weighted by molar-refractivity contribution is 5.78. The van der Waals surface area contributed by atoms with Gasteiger partial charge in [0.25, 0.3) is 0 Å². The van der Waals surface area contributed by atoms with Gasteiger partial charge in [-0.1, -0.05) is 0 Å². The van der Waals surface area contributed by atoms with Gasteiger partial charge >= 0.3 is 6.18 Å². The number of nitrogens with two attached hydrogens (primary N) is 2. The number of halogens is 4. The lowest BCUT2D eigenvalue weighted by molar-refractivity contribution is -0.139. The molecule has 7 heteroatoms. The molecular weight excluding hydrogens is 214 g/mol. The summed E-state index contributed by atoms with van der Waals surface area (Å²) in [7, 11) is 0. The predicted molar refractivity (Wildman–Crippen MR) is 46.9 cm³/mol. The Morgan fingerprint density at radius 2 is 1.80 bits per heavy atom. The lowest BCUT2D eigenvalue weighted by Gasteiger charge is -2.07. The van der Waals surface area contributed by atoms with Crippen molar-refractivity contribution < 1.29 is 17.6 Å². The third-order valence-electron chi connectivity index (χ3n) is 1.52. The maximum absolute atomic E-state index is 12.9. The topological polar surface area (TPSA) is 64.4 Å². The molecule has 0 bridgehead atoms. The lowest BCUT2D eigenvalue weighted by atomic mass is 10.2. The van der Waals surface area contributed by atoms with E-state index in [4.69, 9.17) is 11.5 Å². The van der Waals surface area contributed by atoms with E-state index < -0.39 is 17.6 Å². The average Bonchev–Trinajstić information content (AvgIpc) is 1.99. The molecule has 0 aliphatic heterocycles. The molecule has 0 aliphatic rings. The van der Waals surface area contributed by atoms with Gasteiger partial charge in [-0.2, -0.15) is 13.2 Å². The number of aliphatic imine (C=N–C) groups is 1. The Bertz CT molecular complexity index is 393. The van der Waals surface area contributed by atoms with Gasteiger partial charge in [0.2, 0.25) is 0 Å². The number of benzene rings is 1. The van der Waals surface area contributed by atoms with E-state index in [9.17, 15) is 17.6 Å². The third kappa shape index (κ3) is 2.83. The Labute approximate surface area is 82.4 Å². The molecule has 0 unspecified atom stereocenters. The van der Waals surface area contributed by atoms with Gasteiger partial charge in [-0.25, -0.2) is 9.38 Å². The second-order valence-corrected chi connectivity index (χ2v) is 2.70. The summed E-state index contributed by atoms with van der Waals surface area (Å²) in [5.74, 6) is -1.76. The molecule has 0 aromatic heterocycles. The highest BCUT2D eigenvalue weighted by atomic mass is 19.4. The Morgan fingerprint density at radius 3 is 2.20 bits per heavy atom. The molecule has 0 aliphatic carbocycles. The van der Waals surface area contributed by atoms with Gasteiger partial charge in [0.05, 0.1) is 11.3 Å². The van der Waals surface area contributed by atoms with Crippen LogP contribution in [0.2, 0.25) is 0 Å². The van der Waals surface area contributed by atoms with Crippen molar-refractivity contribution in [2.45, 2.75) is 6.18 Å². The van der Waals surface area contributed by atoms with Crippen LogP contribution in [0.3, 0.4) is 0 Å². The zero-order valence-electron chi connectivity index (χ0n) is 7.35. The van der Waals surface area contributed by atoms with Crippen LogP contribution in [0.5, 0.6) is 0 Å². The zero-order chi connectivity index (χ0) is 11.6. The highest BCUT2D eigenvalue weighted by Gasteiger charge is 2.33. The fraction of sp³-hybridized carbons (Fsp3) is 0.125. The number of rotatable bonds is 1. The summed E-state index contributed by atoms with van der Waals surface area (Å²) < 4.78 is 49.3. The molecule has 82 valence electrons. The third-order valence-corrected chi connectivity index (χ3v) is 1.52. The van der Waals surface area contributed by atoms with Crippen LogP contribution >= 0.6 is 0 Å². The van der Waals surface area contributed by atoms with E-state index in [-0.39, 0.29) is 11.6 Å². The fourth-order valence-electron chi connectivity index (χ4n) is 0.953. The normalized spacial score (nSPS) is 11.2. The Morgan fingerprint density at radius 1 is 1.20 bits per heavy atom. The fourth-order valence-corrected chi connectivity index (χ4v) is 0.953. The van der Waals surface area contributed by atoms with Crippen LogP contribution in [0.25, 0.3) is 0 Å². The summed E-state index contributed by atoms with van der Waals surface area (Å²) in [6, 6.07) is 2.17. The number of hydrogen-bond donors (Lipinski definition) is 2. The van der Waals surface area contributed by atoms with E-state index in [0.717, 1.165) is 6.07 Å². The Hall–Kier alpha value is -1.79. The van der Waals surface area contributed by atoms with Crippen LogP contribution in [0, 0.1) is 5.82 Å². The molecule has 0 radical (unpaired) electrons. The summed E-state index contributed by atoms with van der Waals surface area (Å²) in [6.07, 6.45) is -4.72. The molecule has 0 saturated heterocycles. The SMILES string of the molecule is NC(N)=Nc1ccc(C(F)(F)F)c(F)c1. The molecule has 0 heterocycles. The molecule has 4 N–H and O–H groups in total. The minimum Gasteiger partial charge on any atom is -0.370 e. The van der Waals surface area contributed by atoms with E-state index in [2.05, 4.69) is 4.99 Å². The largest absolute Gasteiger partial charge is 0.419 e. The second kappa shape index (κ2) is 3.76. The monoisotopic (exact) mass is 221 g/mol. The molecule has 0 atom stereocenters. The Kier molecular flexibility index (Phi) is 2.83. The molecule has 3 nitrogen and oxygen atoms in total. The minimum absolute atomic E-state index is 0.0690. The molecule has 0 saturated carbocycles. The van der Waals surface area contributed by atoms with Crippen molar-refractivity contribution in [3.8, 4) is 0 Å². The molecule has 0 fully saturated rings. The molecule has 15 heavy (non-hydrogen) atoms. The van der Waals surface area contributed by atoms with Crippen LogP contribution in [-0.4, -0.2) is 5.96 Å². The summed E-state index contributed by atoms with van der Waals surface area (Å²) in [4.78, 5) is 3.41. The first-order valence-corrected chi connectivity index (χ1v) is 3.77. The van der Waals surface area contributed by atoms with E-state index in [0.29, 0.717) is 12.1 Å². The second-order valence-electron chi connectivity index (χ2n) is 2.70. The van der Waals surface area contributed by atoms with Gasteiger partial charge in [-0.3, -0.25) is 0 Å². The first kappa shape index (κ1) is 11.3. The van der Waals surface area contributed by atoms with Crippen LogP contribution in [0.4, 0.5) is 23.2 Å². The highest BCUT2D eigenvalue weighted by Crippen LogP contribution is 2.32. The van der Waals surface area contributed by atoms with Crippen molar-refractivity contribution in [3.63, 3.8) is 0 Å². The standard InChI is InChI=1S/C8H7F4N3/c9-6-3-4(15-7(13)14)1-2-5(6)8(10,11)12/h1-3H,(H4,13,14,15). The maximum Gasteiger partial charge on any atom is 0.419 e. The molecule has 1 rings (SSSR count). The van der Waals surface area contributed by atoms with E-state index in [1.165, 1.54) is 0 Å². The quantitative estimate of drug-likeness (QED) is 0.431. The summed E-state index contributed by atoms with van der Waals surface area (Å²) >= 11 is 0. The number of alkyl halides is 3. The number of hydrogen-bond acceptors (Lipinski definition) is 1. The zero-order valence-corrected chi connectivity index (χ0v) is 7.35. The summed E-state index contributed by atoms with van der Waals surface area (Å²) in [5.41, 5.74) is 8.54. The first-order valence-electron chi connectivity index (χ1n) is 3.77. The van der Waals surface area contributed by atoms with Crippen molar-refractivity contribution in [2.75, 3.05) is 0 Å². The molecular formula is C8H7F4N3. The van der Waals surface area contributed by atoms with E-state index >= 15 is 0 Å². The van der Waals surface area contributed by atoms with Crippen molar-refractivity contribution in [1.82, 2.24) is 0 Å². The van der Waals surface area contributed by atoms with Crippen molar-refractivity contribution in [1.29, 1.82) is 0 Å².